The first-order valence-corrected chi connectivity index (χ1v) is 14.2. The van der Waals surface area contributed by atoms with Crippen LogP contribution in [0.5, 0.6) is 0 Å². The van der Waals surface area contributed by atoms with Crippen molar-refractivity contribution in [3.8, 4) is 0 Å². The molecule has 0 saturated heterocycles. The Balaban J connectivity index is 1.36. The van der Waals surface area contributed by atoms with Gasteiger partial charge < -0.3 is 19.7 Å². The highest BCUT2D eigenvalue weighted by Gasteiger charge is 2.78. The van der Waals surface area contributed by atoms with Crippen molar-refractivity contribution in [3.05, 3.63) is 23.8 Å². The molecule has 0 radical (unpaired) electrons. The number of hydrogen-bond acceptors (Lipinski definition) is 6. The second-order valence-electron chi connectivity index (χ2n) is 13.7. The molecule has 2 bridgehead atoms. The highest BCUT2D eigenvalue weighted by atomic mass is 19.1. The fourth-order valence-corrected chi connectivity index (χ4v) is 10.2. The fourth-order valence-electron chi connectivity index (χ4n) is 10.2. The lowest BCUT2D eigenvalue weighted by Gasteiger charge is -2.63. The molecule has 0 aromatic rings. The van der Waals surface area contributed by atoms with Gasteiger partial charge in [-0.15, -0.1) is 0 Å². The Morgan fingerprint density at radius 2 is 1.82 bits per heavy atom. The molecule has 12 atom stereocenters. The van der Waals surface area contributed by atoms with Crippen LogP contribution in [-0.4, -0.2) is 51.6 Å². The third kappa shape index (κ3) is 3.07. The fraction of sp³-hybridized carbons (Fsp3) is 0.767. The first kappa shape index (κ1) is 26.0. The third-order valence-corrected chi connectivity index (χ3v) is 12.0. The number of carbonyl (C=O) groups is 3. The maximum Gasteiger partial charge on any atom is 0.509 e. The van der Waals surface area contributed by atoms with Gasteiger partial charge in [-0.1, -0.05) is 32.4 Å². The number of ketones is 1. The summed E-state index contributed by atoms with van der Waals surface area (Å²) in [6.45, 7) is 7.18. The van der Waals surface area contributed by atoms with Gasteiger partial charge in [0, 0.05) is 22.7 Å². The van der Waals surface area contributed by atoms with Crippen molar-refractivity contribution in [2.75, 3.05) is 0 Å². The van der Waals surface area contributed by atoms with Crippen molar-refractivity contribution in [2.24, 2.45) is 46.3 Å². The molecule has 8 heteroatoms. The number of halogens is 1. The van der Waals surface area contributed by atoms with Crippen LogP contribution in [0.2, 0.25) is 0 Å². The summed E-state index contributed by atoms with van der Waals surface area (Å²) in [7, 11) is 0. The maximum atomic E-state index is 17.5. The molecule has 38 heavy (non-hydrogen) atoms. The summed E-state index contributed by atoms with van der Waals surface area (Å²) in [5.74, 6) is -2.51. The summed E-state index contributed by atoms with van der Waals surface area (Å²) < 4.78 is 29.1. The van der Waals surface area contributed by atoms with E-state index in [0.717, 1.165) is 25.7 Å². The first-order chi connectivity index (χ1) is 17.8. The second-order valence-corrected chi connectivity index (χ2v) is 13.7. The van der Waals surface area contributed by atoms with Gasteiger partial charge in [0.15, 0.2) is 11.5 Å². The SMILES string of the molecule is C[C@@H]1C[C@H]2[C@@H]3C[C@H](C)C4=CC(=O)C=C[C@]4(C)[C@@]3(F)[C@@H](O)C[C@]2(C)[C@@]1(OC(=O)O[C@H]1C[C@@H]2CC[C@H]1C2)C(=O)O. The average Bonchev–Trinajstić information content (AvgIpc) is 3.51. The first-order valence-electron chi connectivity index (χ1n) is 14.2. The van der Waals surface area contributed by atoms with E-state index >= 15 is 4.39 Å². The van der Waals surface area contributed by atoms with E-state index in [9.17, 15) is 24.6 Å². The van der Waals surface area contributed by atoms with Crippen molar-refractivity contribution in [1.82, 2.24) is 0 Å². The van der Waals surface area contributed by atoms with E-state index in [1.54, 1.807) is 26.8 Å². The number of fused-ring (bicyclic) bond motifs is 7. The van der Waals surface area contributed by atoms with Crippen molar-refractivity contribution in [3.63, 3.8) is 0 Å². The van der Waals surface area contributed by atoms with Gasteiger partial charge in [-0.05, 0) is 87.7 Å². The number of ether oxygens (including phenoxy) is 2. The quantitative estimate of drug-likeness (QED) is 0.493. The molecule has 0 aliphatic heterocycles. The van der Waals surface area contributed by atoms with Gasteiger partial charge in [0.2, 0.25) is 5.60 Å². The molecule has 0 aromatic heterocycles. The highest BCUT2D eigenvalue weighted by molar-refractivity contribution is 6.01. The molecular weight excluding hydrogens is 491 g/mol. The van der Waals surface area contributed by atoms with Crippen LogP contribution in [0.25, 0.3) is 0 Å². The summed E-state index contributed by atoms with van der Waals surface area (Å²) in [6, 6.07) is 0. The lowest BCUT2D eigenvalue weighted by Crippen LogP contribution is -2.70. The minimum atomic E-state index is -2.09. The molecule has 208 valence electrons. The Hall–Kier alpha value is -2.22. The third-order valence-electron chi connectivity index (χ3n) is 12.0. The van der Waals surface area contributed by atoms with Crippen LogP contribution in [0.4, 0.5) is 9.18 Å². The summed E-state index contributed by atoms with van der Waals surface area (Å²) in [5, 5.41) is 22.2. The molecule has 2 N–H and O–H groups in total. The van der Waals surface area contributed by atoms with E-state index in [0.29, 0.717) is 30.3 Å². The topological polar surface area (TPSA) is 110 Å². The summed E-state index contributed by atoms with van der Waals surface area (Å²) >= 11 is 0. The zero-order valence-corrected chi connectivity index (χ0v) is 22.6. The van der Waals surface area contributed by atoms with Crippen molar-refractivity contribution < 1.29 is 38.5 Å². The van der Waals surface area contributed by atoms with Crippen LogP contribution in [-0.2, 0) is 19.1 Å². The highest BCUT2D eigenvalue weighted by Crippen LogP contribution is 2.72. The standard InChI is InChI=1S/C30H39FO7/c1-15-9-22-21-10-16(2)30(25(34)35,38-26(36)37-23-12-17-5-6-18(23)11-17)28(21,4)14-24(33)29(22,31)27(3)8-7-19(32)13-20(15)27/h7-8,13,15-18,21-24,33H,5-6,9-12,14H2,1-4H3,(H,34,35)/t15-,16+,17+,18-,21-,22-,23-,24-,27-,28-,29-,30-/m0/s1. The van der Waals surface area contributed by atoms with E-state index < -0.39 is 58.1 Å². The lowest BCUT2D eigenvalue weighted by molar-refractivity contribution is -0.231. The van der Waals surface area contributed by atoms with Crippen LogP contribution in [0, 0.1) is 46.3 Å². The predicted octanol–water partition coefficient (Wildman–Crippen LogP) is 5.01. The monoisotopic (exact) mass is 530 g/mol. The smallest absolute Gasteiger partial charge is 0.478 e. The predicted molar refractivity (Wildman–Crippen MR) is 135 cm³/mol. The Bertz CT molecular complexity index is 1150. The van der Waals surface area contributed by atoms with Crippen LogP contribution >= 0.6 is 0 Å². The molecule has 0 heterocycles. The molecule has 5 saturated carbocycles. The van der Waals surface area contributed by atoms with Gasteiger partial charge in [-0.2, -0.15) is 0 Å². The summed E-state index contributed by atoms with van der Waals surface area (Å²) in [6.07, 6.45) is 6.19. The van der Waals surface area contributed by atoms with Gasteiger partial charge in [0.05, 0.1) is 6.10 Å². The van der Waals surface area contributed by atoms with Gasteiger partial charge in [0.1, 0.15) is 6.10 Å². The zero-order chi connectivity index (χ0) is 27.4. The van der Waals surface area contributed by atoms with Gasteiger partial charge in [-0.25, -0.2) is 14.0 Å². The number of hydrogen-bond donors (Lipinski definition) is 2. The molecule has 0 spiro atoms. The van der Waals surface area contributed by atoms with Crippen LogP contribution in [0.15, 0.2) is 23.8 Å². The van der Waals surface area contributed by atoms with Crippen molar-refractivity contribution >= 4 is 17.9 Å². The number of aliphatic carboxylic acids is 1. The Labute approximate surface area is 222 Å². The molecule has 6 aliphatic rings. The minimum Gasteiger partial charge on any atom is -0.478 e. The molecule has 0 amide bonds. The number of rotatable bonds is 3. The van der Waals surface area contributed by atoms with E-state index in [1.807, 2.05) is 6.92 Å². The van der Waals surface area contributed by atoms with Crippen LogP contribution < -0.4 is 0 Å². The minimum absolute atomic E-state index is 0.129. The van der Waals surface area contributed by atoms with E-state index in [4.69, 9.17) is 9.47 Å². The molecule has 6 rings (SSSR count). The Morgan fingerprint density at radius 3 is 2.45 bits per heavy atom. The molecular formula is C30H39FO7. The van der Waals surface area contributed by atoms with Crippen LogP contribution in [0.1, 0.15) is 72.6 Å². The second kappa shape index (κ2) is 8.15. The van der Waals surface area contributed by atoms with Crippen molar-refractivity contribution in [1.29, 1.82) is 0 Å². The Kier molecular flexibility index (Phi) is 5.58. The van der Waals surface area contributed by atoms with E-state index in [1.165, 1.54) is 12.2 Å². The van der Waals surface area contributed by atoms with Crippen molar-refractivity contribution in [2.45, 2.75) is 96.1 Å². The van der Waals surface area contributed by atoms with E-state index in [2.05, 4.69) is 0 Å². The van der Waals surface area contributed by atoms with E-state index in [-0.39, 0.29) is 24.2 Å². The van der Waals surface area contributed by atoms with Gasteiger partial charge in [0.25, 0.3) is 0 Å². The largest absolute Gasteiger partial charge is 0.509 e. The molecule has 7 nitrogen and oxygen atoms in total. The number of carboxylic acid groups (broad SMARTS) is 1. The Morgan fingerprint density at radius 1 is 1.08 bits per heavy atom. The number of alkyl halides is 1. The number of allylic oxidation sites excluding steroid dienone is 4. The summed E-state index contributed by atoms with van der Waals surface area (Å²) in [4.78, 5) is 38.4. The molecule has 0 aromatic carbocycles. The molecule has 5 fully saturated rings. The normalized spacial score (nSPS) is 52.6. The van der Waals surface area contributed by atoms with Crippen LogP contribution in [0.3, 0.4) is 0 Å². The maximum absolute atomic E-state index is 17.5. The number of carbonyl (C=O) groups excluding carboxylic acids is 2. The average molecular weight is 531 g/mol. The number of aliphatic hydroxyl groups excluding tert-OH is 1. The summed E-state index contributed by atoms with van der Waals surface area (Å²) in [5.41, 5.74) is -5.77. The number of aliphatic hydroxyl groups is 1. The van der Waals surface area contributed by atoms with Gasteiger partial charge in [-0.3, -0.25) is 4.79 Å². The molecule has 6 aliphatic carbocycles. The number of carboxylic acids is 1. The van der Waals surface area contributed by atoms with Gasteiger partial charge >= 0.3 is 12.1 Å². The zero-order valence-electron chi connectivity index (χ0n) is 22.6. The molecule has 0 unspecified atom stereocenters. The lowest BCUT2D eigenvalue weighted by atomic mass is 9.43.